The first-order valence-corrected chi connectivity index (χ1v) is 10.8. The number of aromatic nitrogens is 2. The maximum Gasteiger partial charge on any atom is 0.343 e. The van der Waals surface area contributed by atoms with Gasteiger partial charge < -0.3 is 9.30 Å². The Morgan fingerprint density at radius 2 is 1.65 bits per heavy atom. The summed E-state index contributed by atoms with van der Waals surface area (Å²) in [5.41, 5.74) is 1.05. The molecule has 152 valence electrons. The second-order valence-electron chi connectivity index (χ2n) is 6.89. The fourth-order valence-electron chi connectivity index (χ4n) is 3.48. The summed E-state index contributed by atoms with van der Waals surface area (Å²) in [5, 5.41) is 0. The fourth-order valence-corrected chi connectivity index (χ4v) is 5.15. The molecule has 0 atom stereocenters. The van der Waals surface area contributed by atoms with E-state index in [-0.39, 0.29) is 26.5 Å². The molecule has 0 unspecified atom stereocenters. The van der Waals surface area contributed by atoms with Gasteiger partial charge in [-0.15, -0.1) is 0 Å². The number of carbonyl (C=O) groups is 2. The van der Waals surface area contributed by atoms with Crippen molar-refractivity contribution in [3.63, 3.8) is 0 Å². The lowest BCUT2D eigenvalue weighted by atomic mass is 10.0. The minimum atomic E-state index is -3.93. The molecule has 3 aromatic carbocycles. The van der Waals surface area contributed by atoms with E-state index in [1.165, 1.54) is 30.3 Å². The van der Waals surface area contributed by atoms with Gasteiger partial charge in [-0.05, 0) is 54.6 Å². The monoisotopic (exact) mass is 430 g/mol. The van der Waals surface area contributed by atoms with E-state index in [0.29, 0.717) is 5.75 Å². The van der Waals surface area contributed by atoms with Crippen LogP contribution in [0.15, 0.2) is 95.2 Å². The van der Waals surface area contributed by atoms with Crippen molar-refractivity contribution in [3.05, 3.63) is 102 Å². The van der Waals surface area contributed by atoms with Crippen LogP contribution in [0.25, 0.3) is 5.69 Å². The number of ketones is 1. The summed E-state index contributed by atoms with van der Waals surface area (Å²) in [6.45, 7) is 0. The van der Waals surface area contributed by atoms with Gasteiger partial charge in [0.1, 0.15) is 5.75 Å². The van der Waals surface area contributed by atoms with E-state index in [9.17, 15) is 18.0 Å². The largest absolute Gasteiger partial charge is 0.423 e. The first-order chi connectivity index (χ1) is 14.9. The maximum atomic E-state index is 13.0. The highest BCUT2D eigenvalue weighted by Gasteiger charge is 2.35. The molecule has 0 fully saturated rings. The lowest BCUT2D eigenvalue weighted by molar-refractivity contribution is 0.0734. The number of fused-ring (bicyclic) bond motifs is 2. The van der Waals surface area contributed by atoms with Crippen LogP contribution in [0, 0.1) is 0 Å². The van der Waals surface area contributed by atoms with Gasteiger partial charge in [-0.1, -0.05) is 12.1 Å². The lowest BCUT2D eigenvalue weighted by Crippen LogP contribution is -2.21. The second kappa shape index (κ2) is 7.03. The minimum absolute atomic E-state index is 0.0354. The SMILES string of the molecule is O=C(Oc1ccc(-n2ccnc2)cc1)c1ccc2c(c1)S(=O)(=O)c1ccccc1C2=O. The third-order valence-corrected chi connectivity index (χ3v) is 6.87. The first-order valence-electron chi connectivity index (χ1n) is 9.28. The number of imidazole rings is 1. The molecule has 1 aliphatic heterocycles. The Labute approximate surface area is 177 Å². The van der Waals surface area contributed by atoms with Crippen molar-refractivity contribution in [2.45, 2.75) is 9.79 Å². The van der Waals surface area contributed by atoms with Crippen molar-refractivity contribution in [1.29, 1.82) is 0 Å². The third-order valence-electron chi connectivity index (χ3n) is 5.02. The molecule has 0 spiro atoms. The average molecular weight is 430 g/mol. The summed E-state index contributed by atoms with van der Waals surface area (Å²) < 4.78 is 33.2. The molecule has 0 bridgehead atoms. The number of ether oxygens (including phenoxy) is 1. The average Bonchev–Trinajstić information content (AvgIpc) is 3.33. The van der Waals surface area contributed by atoms with Gasteiger partial charge in [0.25, 0.3) is 0 Å². The van der Waals surface area contributed by atoms with E-state index < -0.39 is 21.6 Å². The van der Waals surface area contributed by atoms with Crippen molar-refractivity contribution in [3.8, 4) is 11.4 Å². The van der Waals surface area contributed by atoms with Crippen molar-refractivity contribution in [2.24, 2.45) is 0 Å². The number of sulfone groups is 1. The fraction of sp³-hybridized carbons (Fsp3) is 0. The van der Waals surface area contributed by atoms with E-state index in [4.69, 9.17) is 4.74 Å². The van der Waals surface area contributed by atoms with Crippen LogP contribution in [-0.4, -0.2) is 29.7 Å². The maximum absolute atomic E-state index is 13.0. The number of nitrogens with zero attached hydrogens (tertiary/aromatic N) is 2. The van der Waals surface area contributed by atoms with Crippen molar-refractivity contribution >= 4 is 21.6 Å². The molecule has 1 aliphatic rings. The first kappa shape index (κ1) is 19.0. The molecule has 7 nitrogen and oxygen atoms in total. The van der Waals surface area contributed by atoms with Crippen LogP contribution in [0.2, 0.25) is 0 Å². The van der Waals surface area contributed by atoms with E-state index in [0.717, 1.165) is 5.69 Å². The Morgan fingerprint density at radius 1 is 0.903 bits per heavy atom. The van der Waals surface area contributed by atoms with Crippen LogP contribution >= 0.6 is 0 Å². The zero-order chi connectivity index (χ0) is 21.6. The summed E-state index contributed by atoms with van der Waals surface area (Å²) in [4.78, 5) is 29.1. The number of hydrogen-bond acceptors (Lipinski definition) is 6. The molecule has 8 heteroatoms. The standard InChI is InChI=1S/C23H14N2O5S/c26-22-18-3-1-2-4-20(18)31(28,29)21-13-15(5-10-19(21)22)23(27)30-17-8-6-16(7-9-17)25-12-11-24-14-25/h1-14H. The molecule has 0 radical (unpaired) electrons. The highest BCUT2D eigenvalue weighted by molar-refractivity contribution is 7.91. The summed E-state index contributed by atoms with van der Waals surface area (Å²) in [5.74, 6) is -0.814. The van der Waals surface area contributed by atoms with Gasteiger partial charge in [0.15, 0.2) is 5.78 Å². The van der Waals surface area contributed by atoms with Gasteiger partial charge in [0.05, 0.1) is 21.7 Å². The summed E-state index contributed by atoms with van der Waals surface area (Å²) in [6.07, 6.45) is 5.09. The Morgan fingerprint density at radius 3 is 2.39 bits per heavy atom. The molecule has 0 N–H and O–H groups in total. The molecule has 0 saturated heterocycles. The van der Waals surface area contributed by atoms with Crippen LogP contribution in [0.4, 0.5) is 0 Å². The molecule has 2 heterocycles. The van der Waals surface area contributed by atoms with Gasteiger partial charge in [-0.25, -0.2) is 18.2 Å². The van der Waals surface area contributed by atoms with Crippen LogP contribution in [-0.2, 0) is 9.84 Å². The molecular weight excluding hydrogens is 416 g/mol. The van der Waals surface area contributed by atoms with Crippen LogP contribution in [0.1, 0.15) is 26.3 Å². The zero-order valence-electron chi connectivity index (χ0n) is 15.9. The molecular formula is C23H14N2O5S. The Kier molecular flexibility index (Phi) is 4.30. The summed E-state index contributed by atoms with van der Waals surface area (Å²) in [7, 11) is -3.93. The molecule has 31 heavy (non-hydrogen) atoms. The molecule has 0 aliphatic carbocycles. The molecule has 0 amide bonds. The Hall–Kier alpha value is -4.04. The number of benzene rings is 3. The highest BCUT2D eigenvalue weighted by Crippen LogP contribution is 2.35. The minimum Gasteiger partial charge on any atom is -0.423 e. The normalized spacial score (nSPS) is 13.9. The van der Waals surface area contributed by atoms with Gasteiger partial charge in [-0.3, -0.25) is 4.79 Å². The number of esters is 1. The second-order valence-corrected chi connectivity index (χ2v) is 8.78. The Balaban J connectivity index is 1.45. The van der Waals surface area contributed by atoms with E-state index >= 15 is 0 Å². The molecule has 0 saturated carbocycles. The van der Waals surface area contributed by atoms with Gasteiger partial charge in [0, 0.05) is 29.2 Å². The topological polar surface area (TPSA) is 95.3 Å². The van der Waals surface area contributed by atoms with Crippen molar-refractivity contribution in [2.75, 3.05) is 0 Å². The van der Waals surface area contributed by atoms with Gasteiger partial charge in [-0.2, -0.15) is 0 Å². The Bertz CT molecular complexity index is 1440. The third kappa shape index (κ3) is 3.13. The number of rotatable bonds is 3. The molecule has 4 aromatic rings. The molecule has 1 aromatic heterocycles. The zero-order valence-corrected chi connectivity index (χ0v) is 16.7. The molecule has 5 rings (SSSR count). The van der Waals surface area contributed by atoms with Crippen LogP contribution in [0.3, 0.4) is 0 Å². The summed E-state index contributed by atoms with van der Waals surface area (Å²) in [6, 6.07) is 16.7. The van der Waals surface area contributed by atoms with E-state index in [2.05, 4.69) is 4.98 Å². The van der Waals surface area contributed by atoms with E-state index in [1.54, 1.807) is 59.7 Å². The van der Waals surface area contributed by atoms with Gasteiger partial charge in [0.2, 0.25) is 9.84 Å². The number of hydrogen-bond donors (Lipinski definition) is 0. The smallest absolute Gasteiger partial charge is 0.343 e. The van der Waals surface area contributed by atoms with Crippen LogP contribution in [0.5, 0.6) is 5.75 Å². The quantitative estimate of drug-likeness (QED) is 0.321. The predicted octanol–water partition coefficient (Wildman–Crippen LogP) is 3.47. The van der Waals surface area contributed by atoms with E-state index in [1.807, 2.05) is 0 Å². The van der Waals surface area contributed by atoms with Gasteiger partial charge >= 0.3 is 5.97 Å². The lowest BCUT2D eigenvalue weighted by Gasteiger charge is -2.19. The van der Waals surface area contributed by atoms with Crippen LogP contribution < -0.4 is 4.74 Å². The highest BCUT2D eigenvalue weighted by atomic mass is 32.2. The van der Waals surface area contributed by atoms with Crippen molar-refractivity contribution < 1.29 is 22.7 Å². The summed E-state index contributed by atoms with van der Waals surface area (Å²) >= 11 is 0. The predicted molar refractivity (Wildman–Crippen MR) is 110 cm³/mol. The van der Waals surface area contributed by atoms with Crippen molar-refractivity contribution in [1.82, 2.24) is 9.55 Å². The number of carbonyl (C=O) groups excluding carboxylic acids is 2.